The molecule has 0 saturated carbocycles. The Morgan fingerprint density at radius 1 is 1.07 bits per heavy atom. The Labute approximate surface area is 173 Å². The minimum atomic E-state index is -0.641. The smallest absolute Gasteiger partial charge is 0.166 e. The van der Waals surface area contributed by atoms with E-state index >= 15 is 0 Å². The van der Waals surface area contributed by atoms with Gasteiger partial charge in [0.15, 0.2) is 17.7 Å². The van der Waals surface area contributed by atoms with Gasteiger partial charge in [-0.25, -0.2) is 15.0 Å². The van der Waals surface area contributed by atoms with Crippen LogP contribution >= 0.6 is 11.8 Å². The number of hydrogen-bond donors (Lipinski definition) is 0. The molecule has 0 bridgehead atoms. The van der Waals surface area contributed by atoms with Gasteiger partial charge in [-0.1, -0.05) is 30.3 Å². The Morgan fingerprint density at radius 2 is 1.86 bits per heavy atom. The normalized spacial score (nSPS) is 28.1. The summed E-state index contributed by atoms with van der Waals surface area (Å²) in [5.74, 6) is -0.641. The highest BCUT2D eigenvalue weighted by atomic mass is 32.2. The molecule has 2 aliphatic rings. The average molecular weight is 413 g/mol. The number of aromatic nitrogens is 4. The van der Waals surface area contributed by atoms with Crippen molar-refractivity contribution in [3.63, 3.8) is 0 Å². The van der Waals surface area contributed by atoms with Crippen molar-refractivity contribution >= 4 is 22.9 Å². The zero-order chi connectivity index (χ0) is 20.0. The molecule has 0 amide bonds. The van der Waals surface area contributed by atoms with Crippen LogP contribution in [0.5, 0.6) is 0 Å². The topological polar surface area (TPSA) is 71.3 Å². The fraction of sp³-hybridized carbons (Fsp3) is 0.476. The molecule has 8 heteroatoms. The van der Waals surface area contributed by atoms with Crippen molar-refractivity contribution in [2.45, 2.75) is 62.0 Å². The molecule has 4 heterocycles. The fourth-order valence-corrected chi connectivity index (χ4v) is 4.72. The first-order valence-corrected chi connectivity index (χ1v) is 11.0. The second kappa shape index (κ2) is 7.36. The molecule has 0 aliphatic carbocycles. The van der Waals surface area contributed by atoms with Crippen molar-refractivity contribution in [2.24, 2.45) is 0 Å². The van der Waals surface area contributed by atoms with Gasteiger partial charge in [0, 0.05) is 0 Å². The zero-order valence-electron chi connectivity index (χ0n) is 16.7. The second-order valence-corrected chi connectivity index (χ2v) is 8.66. The van der Waals surface area contributed by atoms with E-state index in [0.717, 1.165) is 29.0 Å². The quantitative estimate of drug-likeness (QED) is 0.468. The van der Waals surface area contributed by atoms with Crippen molar-refractivity contribution in [1.29, 1.82) is 0 Å². The molecule has 2 aromatic heterocycles. The van der Waals surface area contributed by atoms with Gasteiger partial charge in [0.2, 0.25) is 0 Å². The molecule has 5 rings (SSSR count). The maximum atomic E-state index is 6.48. The van der Waals surface area contributed by atoms with Crippen molar-refractivity contribution < 1.29 is 14.2 Å². The van der Waals surface area contributed by atoms with Crippen LogP contribution in [0.1, 0.15) is 32.1 Å². The first-order valence-electron chi connectivity index (χ1n) is 9.82. The minimum Gasteiger partial charge on any atom is -0.349 e. The standard InChI is InChI=1S/C21H24N4O3S/c1-21(2)27-16-14(10-9-13-7-5-4-6-8-13)26-20(17(16)28-21)25-12-24-15-18(25)22-11-23-19(15)29-3/h4-8,11-12,14,16-17,20H,9-10H2,1-3H3/t14-,16-,17-,20-/m1/s1. The Balaban J connectivity index is 1.44. The molecule has 7 nitrogen and oxygen atoms in total. The van der Waals surface area contributed by atoms with Gasteiger partial charge in [0.05, 0.1) is 12.4 Å². The van der Waals surface area contributed by atoms with Crippen LogP contribution in [0.4, 0.5) is 0 Å². The monoisotopic (exact) mass is 412 g/mol. The highest BCUT2D eigenvalue weighted by molar-refractivity contribution is 7.98. The summed E-state index contributed by atoms with van der Waals surface area (Å²) in [6, 6.07) is 10.5. The number of hydrogen-bond acceptors (Lipinski definition) is 7. The third kappa shape index (κ3) is 3.44. The summed E-state index contributed by atoms with van der Waals surface area (Å²) < 4.78 is 20.9. The first-order chi connectivity index (χ1) is 14.1. The number of imidazole rings is 1. The largest absolute Gasteiger partial charge is 0.349 e. The molecule has 0 radical (unpaired) electrons. The number of nitrogens with zero attached hydrogens (tertiary/aromatic N) is 4. The lowest BCUT2D eigenvalue weighted by Gasteiger charge is -2.24. The third-order valence-corrected chi connectivity index (χ3v) is 6.16. The summed E-state index contributed by atoms with van der Waals surface area (Å²) in [5, 5.41) is 0.854. The van der Waals surface area contributed by atoms with Gasteiger partial charge in [-0.15, -0.1) is 11.8 Å². The van der Waals surface area contributed by atoms with Crippen LogP contribution in [0.15, 0.2) is 48.0 Å². The van der Waals surface area contributed by atoms with E-state index in [9.17, 15) is 0 Å². The van der Waals surface area contributed by atoms with E-state index in [2.05, 4.69) is 39.2 Å². The number of thioether (sulfide) groups is 1. The van der Waals surface area contributed by atoms with Gasteiger partial charge in [0.1, 0.15) is 29.1 Å². The Hall–Kier alpha value is -2.00. The van der Waals surface area contributed by atoms with Crippen LogP contribution in [-0.2, 0) is 20.6 Å². The van der Waals surface area contributed by atoms with Crippen molar-refractivity contribution in [3.8, 4) is 0 Å². The average Bonchev–Trinajstić information content (AvgIpc) is 3.38. The van der Waals surface area contributed by atoms with Crippen molar-refractivity contribution in [3.05, 3.63) is 48.5 Å². The van der Waals surface area contributed by atoms with E-state index in [-0.39, 0.29) is 24.5 Å². The molecule has 29 heavy (non-hydrogen) atoms. The van der Waals surface area contributed by atoms with E-state index in [1.54, 1.807) is 24.4 Å². The maximum absolute atomic E-state index is 6.48. The van der Waals surface area contributed by atoms with Crippen LogP contribution in [0.2, 0.25) is 0 Å². The lowest BCUT2D eigenvalue weighted by Crippen LogP contribution is -2.29. The SMILES string of the molecule is CSc1ncnc2c1ncn2[C@@H]1O[C@H](CCc2ccccc2)[C@H]2OC(C)(C)O[C@H]21. The van der Waals surface area contributed by atoms with Crippen LogP contribution < -0.4 is 0 Å². The maximum Gasteiger partial charge on any atom is 0.166 e. The van der Waals surface area contributed by atoms with Crippen LogP contribution in [0.25, 0.3) is 11.2 Å². The molecule has 0 unspecified atom stereocenters. The molecule has 0 spiro atoms. The second-order valence-electron chi connectivity index (χ2n) is 7.86. The Morgan fingerprint density at radius 3 is 2.66 bits per heavy atom. The lowest BCUT2D eigenvalue weighted by molar-refractivity contribution is -0.196. The highest BCUT2D eigenvalue weighted by Gasteiger charge is 2.55. The predicted octanol–water partition coefficient (Wildman–Crippen LogP) is 3.60. The summed E-state index contributed by atoms with van der Waals surface area (Å²) in [6.07, 6.45) is 6.38. The summed E-state index contributed by atoms with van der Waals surface area (Å²) in [6.45, 7) is 3.91. The summed E-state index contributed by atoms with van der Waals surface area (Å²) in [7, 11) is 0. The molecular formula is C21H24N4O3S. The van der Waals surface area contributed by atoms with Gasteiger partial charge in [-0.3, -0.25) is 4.57 Å². The molecule has 2 saturated heterocycles. The first kappa shape index (κ1) is 19.0. The summed E-state index contributed by atoms with van der Waals surface area (Å²) >= 11 is 1.56. The van der Waals surface area contributed by atoms with Crippen molar-refractivity contribution in [2.75, 3.05) is 6.26 Å². The van der Waals surface area contributed by atoms with Crippen molar-refractivity contribution in [1.82, 2.24) is 19.5 Å². The zero-order valence-corrected chi connectivity index (χ0v) is 17.5. The van der Waals surface area contributed by atoms with E-state index in [1.165, 1.54) is 5.56 Å². The van der Waals surface area contributed by atoms with Crippen LogP contribution in [0, 0.1) is 0 Å². The van der Waals surface area contributed by atoms with E-state index in [1.807, 2.05) is 30.7 Å². The van der Waals surface area contributed by atoms with Gasteiger partial charge >= 0.3 is 0 Å². The summed E-state index contributed by atoms with van der Waals surface area (Å²) in [5.41, 5.74) is 2.83. The molecule has 2 aliphatic heterocycles. The third-order valence-electron chi connectivity index (χ3n) is 5.48. The van der Waals surface area contributed by atoms with Crippen LogP contribution in [-0.4, -0.2) is 49.9 Å². The number of benzene rings is 1. The molecule has 152 valence electrons. The molecule has 3 aromatic rings. The Bertz CT molecular complexity index is 1010. The summed E-state index contributed by atoms with van der Waals surface area (Å²) in [4.78, 5) is 13.3. The van der Waals surface area contributed by atoms with E-state index in [0.29, 0.717) is 0 Å². The highest BCUT2D eigenvalue weighted by Crippen LogP contribution is 2.45. The number of rotatable bonds is 5. The van der Waals surface area contributed by atoms with Gasteiger partial charge < -0.3 is 14.2 Å². The van der Waals surface area contributed by atoms with Crippen LogP contribution in [0.3, 0.4) is 0 Å². The predicted molar refractivity (Wildman–Crippen MR) is 110 cm³/mol. The van der Waals surface area contributed by atoms with E-state index in [4.69, 9.17) is 14.2 Å². The fourth-order valence-electron chi connectivity index (χ4n) is 4.24. The number of fused-ring (bicyclic) bond motifs is 2. The van der Waals surface area contributed by atoms with E-state index < -0.39 is 5.79 Å². The number of aryl methyl sites for hydroxylation is 1. The Kier molecular flexibility index (Phi) is 4.82. The lowest BCUT2D eigenvalue weighted by atomic mass is 10.0. The molecule has 0 N–H and O–H groups in total. The molecular weight excluding hydrogens is 388 g/mol. The molecule has 4 atom stereocenters. The van der Waals surface area contributed by atoms with Gasteiger partial charge in [0.25, 0.3) is 0 Å². The minimum absolute atomic E-state index is 0.0636. The van der Waals surface area contributed by atoms with Gasteiger partial charge in [-0.05, 0) is 38.5 Å². The molecule has 1 aromatic carbocycles. The molecule has 2 fully saturated rings. The van der Waals surface area contributed by atoms with Gasteiger partial charge in [-0.2, -0.15) is 0 Å². The number of ether oxygens (including phenoxy) is 3.